The van der Waals surface area contributed by atoms with Gasteiger partial charge in [0.15, 0.2) is 5.96 Å². The molecule has 0 aromatic carbocycles. The van der Waals surface area contributed by atoms with Crippen LogP contribution in [0.2, 0.25) is 0 Å². The molecule has 3 aliphatic rings. The Bertz CT molecular complexity index is 528. The van der Waals surface area contributed by atoms with E-state index < -0.39 is 0 Å². The van der Waals surface area contributed by atoms with Gasteiger partial charge in [0, 0.05) is 64.7 Å². The Morgan fingerprint density at radius 3 is 2.81 bits per heavy atom. The number of piperidine rings is 1. The molecule has 150 valence electrons. The largest absolute Gasteiger partial charge is 0.373 e. The van der Waals surface area contributed by atoms with E-state index in [1.807, 2.05) is 7.05 Å². The molecule has 1 unspecified atom stereocenters. The van der Waals surface area contributed by atoms with Crippen LogP contribution < -0.4 is 10.6 Å². The molecule has 0 bridgehead atoms. The summed E-state index contributed by atoms with van der Waals surface area (Å²) in [4.78, 5) is 20.9. The van der Waals surface area contributed by atoms with Gasteiger partial charge in [-0.2, -0.15) is 0 Å². The van der Waals surface area contributed by atoms with Gasteiger partial charge in [0.05, 0.1) is 12.2 Å². The molecule has 3 saturated heterocycles. The topological polar surface area (TPSA) is 69.2 Å². The summed E-state index contributed by atoms with van der Waals surface area (Å²) in [6.45, 7) is 11.7. The minimum Gasteiger partial charge on any atom is -0.373 e. The van der Waals surface area contributed by atoms with E-state index in [4.69, 9.17) is 4.74 Å². The van der Waals surface area contributed by atoms with E-state index in [9.17, 15) is 4.79 Å². The number of carbonyl (C=O) groups excluding carboxylic acids is 1. The highest BCUT2D eigenvalue weighted by atomic mass is 127. The van der Waals surface area contributed by atoms with Crippen molar-refractivity contribution in [2.45, 2.75) is 38.7 Å². The van der Waals surface area contributed by atoms with Gasteiger partial charge in [0.1, 0.15) is 0 Å². The van der Waals surface area contributed by atoms with Crippen LogP contribution in [0.15, 0.2) is 4.99 Å². The van der Waals surface area contributed by atoms with Gasteiger partial charge in [0.2, 0.25) is 5.91 Å². The molecule has 26 heavy (non-hydrogen) atoms. The summed E-state index contributed by atoms with van der Waals surface area (Å²) in [6, 6.07) is 0. The third kappa shape index (κ3) is 5.45. The molecule has 3 rings (SSSR count). The van der Waals surface area contributed by atoms with Gasteiger partial charge in [-0.05, 0) is 26.7 Å². The van der Waals surface area contributed by atoms with Crippen LogP contribution in [0.3, 0.4) is 0 Å². The maximum absolute atomic E-state index is 11.7. The number of nitrogens with one attached hydrogen (secondary N) is 2. The maximum Gasteiger partial charge on any atom is 0.220 e. The average Bonchev–Trinajstić information content (AvgIpc) is 2.91. The Kier molecular flexibility index (Phi) is 7.55. The molecule has 1 amide bonds. The Labute approximate surface area is 174 Å². The van der Waals surface area contributed by atoms with Crippen molar-refractivity contribution in [2.75, 3.05) is 59.5 Å². The lowest BCUT2D eigenvalue weighted by molar-refractivity contribution is -0.119. The van der Waals surface area contributed by atoms with Crippen LogP contribution in [0.1, 0.15) is 33.1 Å². The van der Waals surface area contributed by atoms with Crippen LogP contribution in [0, 0.1) is 5.41 Å². The van der Waals surface area contributed by atoms with Gasteiger partial charge in [0.25, 0.3) is 0 Å². The first-order valence-corrected chi connectivity index (χ1v) is 9.50. The summed E-state index contributed by atoms with van der Waals surface area (Å²) in [5.41, 5.74) is 0.0440. The Balaban J connectivity index is 0.00000243. The van der Waals surface area contributed by atoms with E-state index in [2.05, 4.69) is 39.3 Å². The van der Waals surface area contributed by atoms with Crippen molar-refractivity contribution in [3.8, 4) is 0 Å². The van der Waals surface area contributed by atoms with Crippen molar-refractivity contribution in [3.63, 3.8) is 0 Å². The number of likely N-dealkylation sites (tertiary alicyclic amines) is 1. The van der Waals surface area contributed by atoms with Gasteiger partial charge in [-0.15, -0.1) is 24.0 Å². The van der Waals surface area contributed by atoms with Gasteiger partial charge in [-0.25, -0.2) is 0 Å². The maximum atomic E-state index is 11.7. The number of rotatable bonds is 3. The molecule has 0 radical (unpaired) electrons. The fourth-order valence-electron chi connectivity index (χ4n) is 4.39. The summed E-state index contributed by atoms with van der Waals surface area (Å²) in [5, 5.41) is 6.53. The number of hydrogen-bond acceptors (Lipinski definition) is 4. The van der Waals surface area contributed by atoms with Gasteiger partial charge >= 0.3 is 0 Å². The number of halogens is 1. The fourth-order valence-corrected chi connectivity index (χ4v) is 4.39. The zero-order chi connectivity index (χ0) is 17.9. The number of morpholine rings is 1. The van der Waals surface area contributed by atoms with Crippen molar-refractivity contribution in [1.82, 2.24) is 20.4 Å². The van der Waals surface area contributed by atoms with Crippen LogP contribution in [0.25, 0.3) is 0 Å². The molecule has 8 heteroatoms. The van der Waals surface area contributed by atoms with Gasteiger partial charge in [-0.1, -0.05) is 0 Å². The second-order valence-electron chi connectivity index (χ2n) is 8.34. The molecule has 1 spiro atoms. The smallest absolute Gasteiger partial charge is 0.220 e. The SMILES string of the molecule is CN=C(NCCN1CCOC(C)(C)C1)N1CCCC2(CNC(=O)C2)C1.I. The molecule has 0 aromatic heterocycles. The zero-order valence-electron chi connectivity index (χ0n) is 16.3. The van der Waals surface area contributed by atoms with E-state index in [-0.39, 0.29) is 40.9 Å². The first kappa shape index (κ1) is 21.7. The molecular formula is C18H34IN5O2. The molecule has 3 heterocycles. The summed E-state index contributed by atoms with van der Waals surface area (Å²) in [6.07, 6.45) is 2.90. The fraction of sp³-hybridized carbons (Fsp3) is 0.889. The molecule has 7 nitrogen and oxygen atoms in total. The standard InChI is InChI=1S/C18H33N5O2.HI/c1-17(2)13-22(9-10-25-17)8-6-20-16(19-3)23-7-4-5-18(14-23)11-15(24)21-12-18;/h4-14H2,1-3H3,(H,19,20)(H,21,24);1H. The number of guanidine groups is 1. The normalized spacial score (nSPS) is 29.4. The number of carbonyl (C=O) groups is 1. The van der Waals surface area contributed by atoms with Gasteiger partial charge < -0.3 is 20.3 Å². The number of amides is 1. The molecule has 0 saturated carbocycles. The summed E-state index contributed by atoms with van der Waals surface area (Å²) >= 11 is 0. The summed E-state index contributed by atoms with van der Waals surface area (Å²) < 4.78 is 5.77. The first-order chi connectivity index (χ1) is 11.9. The van der Waals surface area contributed by atoms with Crippen molar-refractivity contribution in [3.05, 3.63) is 0 Å². The molecule has 0 aromatic rings. The Morgan fingerprint density at radius 2 is 2.15 bits per heavy atom. The Hall–Kier alpha value is -0.610. The lowest BCUT2D eigenvalue weighted by Crippen LogP contribution is -2.53. The van der Waals surface area contributed by atoms with Crippen LogP contribution in [-0.2, 0) is 9.53 Å². The minimum atomic E-state index is -0.0544. The highest BCUT2D eigenvalue weighted by Gasteiger charge is 2.42. The second kappa shape index (κ2) is 9.05. The van der Waals surface area contributed by atoms with E-state index in [0.29, 0.717) is 6.42 Å². The number of aliphatic imine (C=N–C) groups is 1. The highest BCUT2D eigenvalue weighted by molar-refractivity contribution is 14.0. The summed E-state index contributed by atoms with van der Waals surface area (Å²) in [5.74, 6) is 1.16. The van der Waals surface area contributed by atoms with Crippen molar-refractivity contribution >= 4 is 35.8 Å². The van der Waals surface area contributed by atoms with Crippen LogP contribution in [0.4, 0.5) is 0 Å². The summed E-state index contributed by atoms with van der Waals surface area (Å²) in [7, 11) is 1.85. The van der Waals surface area contributed by atoms with E-state index in [0.717, 1.165) is 71.2 Å². The lowest BCUT2D eigenvalue weighted by Gasteiger charge is -2.41. The molecular weight excluding hydrogens is 445 g/mol. The Morgan fingerprint density at radius 1 is 1.35 bits per heavy atom. The van der Waals surface area contributed by atoms with Gasteiger partial charge in [-0.3, -0.25) is 14.7 Å². The van der Waals surface area contributed by atoms with Crippen LogP contribution in [-0.4, -0.2) is 86.7 Å². The van der Waals surface area contributed by atoms with Crippen molar-refractivity contribution < 1.29 is 9.53 Å². The van der Waals surface area contributed by atoms with Crippen molar-refractivity contribution in [2.24, 2.45) is 10.4 Å². The van der Waals surface area contributed by atoms with Crippen molar-refractivity contribution in [1.29, 1.82) is 0 Å². The van der Waals surface area contributed by atoms with E-state index in [1.165, 1.54) is 0 Å². The van der Waals surface area contributed by atoms with Crippen LogP contribution in [0.5, 0.6) is 0 Å². The predicted octanol–water partition coefficient (Wildman–Crippen LogP) is 0.893. The molecule has 1 atom stereocenters. The number of nitrogens with zero attached hydrogens (tertiary/aromatic N) is 3. The molecule has 2 N–H and O–H groups in total. The number of hydrogen-bond donors (Lipinski definition) is 2. The predicted molar refractivity (Wildman–Crippen MR) is 114 cm³/mol. The van der Waals surface area contributed by atoms with E-state index in [1.54, 1.807) is 0 Å². The second-order valence-corrected chi connectivity index (χ2v) is 8.34. The zero-order valence-corrected chi connectivity index (χ0v) is 18.7. The monoisotopic (exact) mass is 479 g/mol. The quantitative estimate of drug-likeness (QED) is 0.358. The van der Waals surface area contributed by atoms with Crippen LogP contribution >= 0.6 is 24.0 Å². The first-order valence-electron chi connectivity index (χ1n) is 9.50. The molecule has 3 fully saturated rings. The lowest BCUT2D eigenvalue weighted by atomic mass is 9.79. The third-order valence-corrected chi connectivity index (χ3v) is 5.58. The third-order valence-electron chi connectivity index (χ3n) is 5.58. The average molecular weight is 479 g/mol. The molecule has 3 aliphatic heterocycles. The van der Waals surface area contributed by atoms with E-state index >= 15 is 0 Å². The minimum absolute atomic E-state index is 0. The molecule has 0 aliphatic carbocycles. The highest BCUT2D eigenvalue weighted by Crippen LogP contribution is 2.35. The number of ether oxygens (including phenoxy) is 1.